The quantitative estimate of drug-likeness (QED) is 0.801. The third kappa shape index (κ3) is 2.19. The summed E-state index contributed by atoms with van der Waals surface area (Å²) < 4.78 is 19.9. The van der Waals surface area contributed by atoms with E-state index in [2.05, 4.69) is 0 Å². The van der Waals surface area contributed by atoms with Gasteiger partial charge in [0, 0.05) is 5.92 Å². The summed E-state index contributed by atoms with van der Waals surface area (Å²) in [4.78, 5) is 24.6. The molecule has 0 bridgehead atoms. The molecule has 0 amide bonds. The van der Waals surface area contributed by atoms with Crippen LogP contribution in [0.3, 0.4) is 0 Å². The van der Waals surface area contributed by atoms with Gasteiger partial charge in [0.1, 0.15) is 6.10 Å². The molecule has 0 aromatic carbocycles. The van der Waals surface area contributed by atoms with Crippen LogP contribution in [0.1, 0.15) is 26.5 Å². The average Bonchev–Trinajstić information content (AvgIpc) is 2.68. The Hall–Kier alpha value is -1.18. The van der Waals surface area contributed by atoms with Gasteiger partial charge in [-0.05, 0) is 6.42 Å². The van der Waals surface area contributed by atoms with Crippen molar-refractivity contribution < 1.29 is 14.2 Å². The fraction of sp³-hybridized carbons (Fsp3) is 0.667. The van der Waals surface area contributed by atoms with Gasteiger partial charge in [-0.1, -0.05) is 13.8 Å². The second-order valence-electron chi connectivity index (χ2n) is 4.98. The number of aromatic amines is 1. The Bertz CT molecular complexity index is 610. The van der Waals surface area contributed by atoms with Gasteiger partial charge in [0.05, 0.1) is 17.7 Å². The molecule has 2 N–H and O–H groups in total. The van der Waals surface area contributed by atoms with E-state index in [1.165, 1.54) is 0 Å². The first-order valence-electron chi connectivity index (χ1n) is 6.29. The number of rotatable bonds is 3. The van der Waals surface area contributed by atoms with Crippen LogP contribution in [0, 0.1) is 11.7 Å². The fourth-order valence-electron chi connectivity index (χ4n) is 2.50. The first-order chi connectivity index (χ1) is 9.36. The van der Waals surface area contributed by atoms with Crippen LogP contribution in [-0.2, 0) is 4.74 Å². The van der Waals surface area contributed by atoms with Crippen molar-refractivity contribution in [3.8, 4) is 0 Å². The molecule has 1 saturated heterocycles. The van der Waals surface area contributed by atoms with E-state index in [0.29, 0.717) is 6.42 Å². The van der Waals surface area contributed by atoms with Gasteiger partial charge >= 0.3 is 5.69 Å². The van der Waals surface area contributed by atoms with Crippen molar-refractivity contribution in [2.75, 3.05) is 5.88 Å². The molecule has 112 valence electrons. The summed E-state index contributed by atoms with van der Waals surface area (Å²) in [6.07, 6.45) is -0.840. The lowest BCUT2D eigenvalue weighted by Gasteiger charge is -2.29. The van der Waals surface area contributed by atoms with Gasteiger partial charge in [-0.3, -0.25) is 14.3 Å². The van der Waals surface area contributed by atoms with Crippen molar-refractivity contribution in [3.05, 3.63) is 32.9 Å². The molecule has 8 heteroatoms. The van der Waals surface area contributed by atoms with Gasteiger partial charge in [-0.25, -0.2) is 4.79 Å². The molecule has 0 aliphatic carbocycles. The van der Waals surface area contributed by atoms with Gasteiger partial charge in [-0.15, -0.1) is 11.6 Å². The van der Waals surface area contributed by atoms with Gasteiger partial charge in [0.15, 0.2) is 6.23 Å². The second kappa shape index (κ2) is 5.31. The molecular formula is C12H16ClFN2O4. The number of aliphatic hydroxyl groups excluding tert-OH is 1. The van der Waals surface area contributed by atoms with Gasteiger partial charge in [0.25, 0.3) is 5.56 Å². The van der Waals surface area contributed by atoms with Crippen molar-refractivity contribution in [1.29, 1.82) is 0 Å². The number of hydrogen-bond acceptors (Lipinski definition) is 4. The number of ether oxygens (including phenoxy) is 1. The van der Waals surface area contributed by atoms with Crippen LogP contribution in [0.5, 0.6) is 0 Å². The maximum atomic E-state index is 13.3. The van der Waals surface area contributed by atoms with Crippen LogP contribution in [0.4, 0.5) is 4.39 Å². The van der Waals surface area contributed by atoms with Crippen molar-refractivity contribution in [2.24, 2.45) is 5.92 Å². The average molecular weight is 307 g/mol. The van der Waals surface area contributed by atoms with Gasteiger partial charge < -0.3 is 9.84 Å². The summed E-state index contributed by atoms with van der Waals surface area (Å²) in [5.41, 5.74) is -2.74. The number of halogens is 2. The third-order valence-electron chi connectivity index (χ3n) is 4.01. The molecule has 6 nitrogen and oxygen atoms in total. The number of hydrogen-bond donors (Lipinski definition) is 2. The van der Waals surface area contributed by atoms with Crippen LogP contribution in [-0.4, -0.2) is 32.2 Å². The van der Waals surface area contributed by atoms with Crippen LogP contribution in [0.15, 0.2) is 15.8 Å². The molecule has 1 aliphatic heterocycles. The minimum absolute atomic E-state index is 0.138. The van der Waals surface area contributed by atoms with Gasteiger partial charge in [-0.2, -0.15) is 4.39 Å². The smallest absolute Gasteiger partial charge is 0.330 e. The Morgan fingerprint density at radius 1 is 1.60 bits per heavy atom. The summed E-state index contributed by atoms with van der Waals surface area (Å²) in [7, 11) is 0. The maximum Gasteiger partial charge on any atom is 0.330 e. The number of nitrogens with one attached hydrogen (secondary N) is 1. The topological polar surface area (TPSA) is 84.3 Å². The first-order valence-corrected chi connectivity index (χ1v) is 6.82. The van der Waals surface area contributed by atoms with E-state index >= 15 is 0 Å². The fourth-order valence-corrected chi connectivity index (χ4v) is 3.00. The van der Waals surface area contributed by atoms with Crippen LogP contribution in [0.2, 0.25) is 0 Å². The molecule has 1 aromatic heterocycles. The molecule has 1 aromatic rings. The predicted molar refractivity (Wildman–Crippen MR) is 70.3 cm³/mol. The van der Waals surface area contributed by atoms with Crippen molar-refractivity contribution >= 4 is 11.6 Å². The highest BCUT2D eigenvalue weighted by Gasteiger charge is 2.51. The molecular weight excluding hydrogens is 291 g/mol. The van der Waals surface area contributed by atoms with E-state index in [0.717, 1.165) is 10.8 Å². The highest BCUT2D eigenvalue weighted by molar-refractivity contribution is 6.18. The van der Waals surface area contributed by atoms with Crippen LogP contribution < -0.4 is 11.2 Å². The standard InChI is InChI=1S/C12H16ClFN2O4/c1-3-12(5-13)6(2)8(17)10(20-12)16-4-7(14)9(18)15-11(16)19/h4,6,8,10,17H,3,5H2,1-2H3,(H,15,18,19)/t6-,8+,10+,12-/m0/s1. The highest BCUT2D eigenvalue weighted by atomic mass is 35.5. The lowest BCUT2D eigenvalue weighted by Crippen LogP contribution is -2.37. The Balaban J connectivity index is 2.47. The zero-order valence-corrected chi connectivity index (χ0v) is 11.9. The van der Waals surface area contributed by atoms with Gasteiger partial charge in [0.2, 0.25) is 5.82 Å². The van der Waals surface area contributed by atoms with Crippen molar-refractivity contribution in [3.63, 3.8) is 0 Å². The van der Waals surface area contributed by atoms with Crippen molar-refractivity contribution in [2.45, 2.75) is 38.2 Å². The van der Waals surface area contributed by atoms with E-state index < -0.39 is 35.0 Å². The SMILES string of the molecule is CC[C@@]1(CCl)O[C@@H](n2cc(F)c(=O)[nH]c2=O)[C@H](O)[C@@H]1C. The maximum absolute atomic E-state index is 13.3. The lowest BCUT2D eigenvalue weighted by molar-refractivity contribution is -0.0852. The minimum atomic E-state index is -1.12. The minimum Gasteiger partial charge on any atom is -0.388 e. The van der Waals surface area contributed by atoms with E-state index in [1.54, 1.807) is 6.92 Å². The van der Waals surface area contributed by atoms with E-state index in [9.17, 15) is 19.1 Å². The number of alkyl halides is 1. The monoisotopic (exact) mass is 306 g/mol. The summed E-state index contributed by atoms with van der Waals surface area (Å²) >= 11 is 5.92. The van der Waals surface area contributed by atoms with Crippen LogP contribution >= 0.6 is 11.6 Å². The highest BCUT2D eigenvalue weighted by Crippen LogP contribution is 2.43. The summed E-state index contributed by atoms with van der Waals surface area (Å²) in [6, 6.07) is 0. The van der Waals surface area contributed by atoms with E-state index in [-0.39, 0.29) is 11.8 Å². The lowest BCUT2D eigenvalue weighted by atomic mass is 9.86. The first kappa shape index (κ1) is 15.2. The largest absolute Gasteiger partial charge is 0.388 e. The van der Waals surface area contributed by atoms with E-state index in [4.69, 9.17) is 16.3 Å². The molecule has 2 heterocycles. The second-order valence-corrected chi connectivity index (χ2v) is 5.25. The molecule has 0 spiro atoms. The number of nitrogens with zero attached hydrogens (tertiary/aromatic N) is 1. The molecule has 0 radical (unpaired) electrons. The predicted octanol–water partition coefficient (Wildman–Crippen LogP) is 0.589. The van der Waals surface area contributed by atoms with Crippen molar-refractivity contribution in [1.82, 2.24) is 9.55 Å². The summed E-state index contributed by atoms with van der Waals surface area (Å²) in [6.45, 7) is 3.60. The molecule has 0 saturated carbocycles. The summed E-state index contributed by atoms with van der Waals surface area (Å²) in [5.74, 6) is -1.32. The Labute approximate surface area is 119 Å². The number of aromatic nitrogens is 2. The normalized spacial score (nSPS) is 33.5. The molecule has 20 heavy (non-hydrogen) atoms. The molecule has 0 unspecified atom stereocenters. The molecule has 2 rings (SSSR count). The molecule has 4 atom stereocenters. The van der Waals surface area contributed by atoms with Crippen LogP contribution in [0.25, 0.3) is 0 Å². The number of aliphatic hydroxyl groups is 1. The zero-order valence-electron chi connectivity index (χ0n) is 11.1. The number of H-pyrrole nitrogens is 1. The zero-order chi connectivity index (χ0) is 15.1. The molecule has 1 aliphatic rings. The third-order valence-corrected chi connectivity index (χ3v) is 4.47. The molecule has 1 fully saturated rings. The Morgan fingerprint density at radius 2 is 2.25 bits per heavy atom. The van der Waals surface area contributed by atoms with E-state index in [1.807, 2.05) is 11.9 Å². The Morgan fingerprint density at radius 3 is 2.75 bits per heavy atom. The Kier molecular flexibility index (Phi) is 4.04. The summed E-state index contributed by atoms with van der Waals surface area (Å²) in [5, 5.41) is 10.2.